The van der Waals surface area contributed by atoms with Crippen molar-refractivity contribution < 1.29 is 27.9 Å². The zero-order valence-electron chi connectivity index (χ0n) is 11.9. The van der Waals surface area contributed by atoms with Crippen molar-refractivity contribution in [3.63, 3.8) is 0 Å². The summed E-state index contributed by atoms with van der Waals surface area (Å²) in [5, 5.41) is 10.8. The monoisotopic (exact) mass is 317 g/mol. The third-order valence-corrected chi connectivity index (χ3v) is 3.13. The van der Waals surface area contributed by atoms with Crippen molar-refractivity contribution in [3.8, 4) is 0 Å². The summed E-state index contributed by atoms with van der Waals surface area (Å²) in [6.07, 6.45) is -4.41. The Morgan fingerprint density at radius 1 is 1.14 bits per heavy atom. The van der Waals surface area contributed by atoms with E-state index in [2.05, 4.69) is 5.32 Å². The lowest BCUT2D eigenvalue weighted by Crippen LogP contribution is -2.31. The lowest BCUT2D eigenvalue weighted by molar-refractivity contribution is -0.157. The van der Waals surface area contributed by atoms with Crippen molar-refractivity contribution in [1.29, 1.82) is 0 Å². The van der Waals surface area contributed by atoms with Crippen molar-refractivity contribution in [2.24, 2.45) is 0 Å². The van der Waals surface area contributed by atoms with Gasteiger partial charge in [0.1, 0.15) is 0 Å². The van der Waals surface area contributed by atoms with Crippen LogP contribution in [0.1, 0.15) is 37.2 Å². The number of aliphatic carboxylic acids is 1. The predicted octanol–water partition coefficient (Wildman–Crippen LogP) is 3.09. The van der Waals surface area contributed by atoms with E-state index in [0.29, 0.717) is 12.8 Å². The summed E-state index contributed by atoms with van der Waals surface area (Å²) in [5.41, 5.74) is 0.0519. The van der Waals surface area contributed by atoms with Crippen molar-refractivity contribution in [1.82, 2.24) is 5.32 Å². The van der Waals surface area contributed by atoms with E-state index < -0.39 is 30.4 Å². The number of hydrogen-bond acceptors (Lipinski definition) is 2. The highest BCUT2D eigenvalue weighted by atomic mass is 19.4. The van der Waals surface area contributed by atoms with Gasteiger partial charge in [-0.3, -0.25) is 9.59 Å². The SMILES string of the molecule is O=C(O)CCCCNC(=O)CC(c1ccccc1)C(F)(F)F. The summed E-state index contributed by atoms with van der Waals surface area (Å²) in [6.45, 7) is 0.172. The number of hydrogen-bond donors (Lipinski definition) is 2. The average molecular weight is 317 g/mol. The summed E-state index contributed by atoms with van der Waals surface area (Å²) in [4.78, 5) is 21.9. The second-order valence-corrected chi connectivity index (χ2v) is 4.91. The minimum Gasteiger partial charge on any atom is -0.481 e. The number of unbranched alkanes of at least 4 members (excludes halogenated alkanes) is 1. The molecule has 0 aliphatic rings. The minimum absolute atomic E-state index is 0.0228. The Morgan fingerprint density at radius 3 is 2.32 bits per heavy atom. The number of alkyl halides is 3. The fraction of sp³-hybridized carbons (Fsp3) is 0.467. The molecule has 2 N–H and O–H groups in total. The summed E-state index contributed by atoms with van der Waals surface area (Å²) < 4.78 is 39.2. The lowest BCUT2D eigenvalue weighted by atomic mass is 9.95. The van der Waals surface area contributed by atoms with Gasteiger partial charge in [-0.05, 0) is 18.4 Å². The molecule has 0 fully saturated rings. The van der Waals surface area contributed by atoms with Crippen LogP contribution < -0.4 is 5.32 Å². The molecular formula is C15H18F3NO3. The minimum atomic E-state index is -4.50. The van der Waals surface area contributed by atoms with Crippen LogP contribution in [0.4, 0.5) is 13.2 Å². The number of amides is 1. The first kappa shape index (κ1) is 18.0. The predicted molar refractivity (Wildman–Crippen MR) is 74.4 cm³/mol. The van der Waals surface area contributed by atoms with Crippen molar-refractivity contribution in [2.45, 2.75) is 37.8 Å². The van der Waals surface area contributed by atoms with E-state index in [0.717, 1.165) is 0 Å². The third-order valence-electron chi connectivity index (χ3n) is 3.13. The highest BCUT2D eigenvalue weighted by Gasteiger charge is 2.41. The van der Waals surface area contributed by atoms with E-state index in [1.807, 2.05) is 0 Å². The summed E-state index contributed by atoms with van der Waals surface area (Å²) in [5.74, 6) is -3.47. The van der Waals surface area contributed by atoms with E-state index in [9.17, 15) is 22.8 Å². The van der Waals surface area contributed by atoms with Crippen LogP contribution in [0.2, 0.25) is 0 Å². The Labute approximate surface area is 126 Å². The third kappa shape index (κ3) is 6.60. The van der Waals surface area contributed by atoms with E-state index >= 15 is 0 Å². The fourth-order valence-corrected chi connectivity index (χ4v) is 1.99. The first-order valence-electron chi connectivity index (χ1n) is 6.91. The zero-order valence-corrected chi connectivity index (χ0v) is 11.9. The van der Waals surface area contributed by atoms with Gasteiger partial charge in [0.2, 0.25) is 5.91 Å². The maximum atomic E-state index is 13.1. The number of benzene rings is 1. The number of carbonyl (C=O) groups is 2. The maximum Gasteiger partial charge on any atom is 0.396 e. The van der Waals surface area contributed by atoms with Crippen LogP contribution in [0.25, 0.3) is 0 Å². The molecule has 0 aliphatic heterocycles. The van der Waals surface area contributed by atoms with E-state index in [4.69, 9.17) is 5.11 Å². The normalized spacial score (nSPS) is 12.7. The molecule has 122 valence electrons. The van der Waals surface area contributed by atoms with Gasteiger partial charge in [-0.1, -0.05) is 30.3 Å². The van der Waals surface area contributed by atoms with E-state index in [1.54, 1.807) is 6.07 Å². The Balaban J connectivity index is 2.49. The standard InChI is InChI=1S/C15H18F3NO3/c16-15(17,18)12(11-6-2-1-3-7-11)10-13(20)19-9-5-4-8-14(21)22/h1-3,6-7,12H,4-5,8-10H2,(H,19,20)(H,21,22). The van der Waals surface area contributed by atoms with Gasteiger partial charge in [0.05, 0.1) is 5.92 Å². The molecule has 4 nitrogen and oxygen atoms in total. The van der Waals surface area contributed by atoms with Crippen LogP contribution in [-0.4, -0.2) is 29.7 Å². The van der Waals surface area contributed by atoms with Crippen molar-refractivity contribution in [3.05, 3.63) is 35.9 Å². The molecule has 1 amide bonds. The molecule has 0 radical (unpaired) electrons. The van der Waals surface area contributed by atoms with Crippen molar-refractivity contribution in [2.75, 3.05) is 6.54 Å². The first-order chi connectivity index (χ1) is 10.3. The van der Waals surface area contributed by atoms with Crippen LogP contribution in [0, 0.1) is 0 Å². The van der Waals surface area contributed by atoms with Crippen LogP contribution in [0.3, 0.4) is 0 Å². The highest BCUT2D eigenvalue weighted by Crippen LogP contribution is 2.37. The van der Waals surface area contributed by atoms with Crippen LogP contribution in [-0.2, 0) is 9.59 Å². The van der Waals surface area contributed by atoms with E-state index in [1.165, 1.54) is 24.3 Å². The van der Waals surface area contributed by atoms with Gasteiger partial charge in [-0.25, -0.2) is 0 Å². The molecule has 0 saturated heterocycles. The second kappa shape index (κ2) is 8.41. The number of rotatable bonds is 8. The molecule has 1 rings (SSSR count). The molecule has 7 heteroatoms. The Hall–Kier alpha value is -2.05. The number of nitrogens with one attached hydrogen (secondary N) is 1. The molecule has 1 aromatic rings. The maximum absolute atomic E-state index is 13.1. The molecule has 0 aromatic heterocycles. The molecule has 0 spiro atoms. The number of carboxylic acid groups (broad SMARTS) is 1. The lowest BCUT2D eigenvalue weighted by Gasteiger charge is -2.20. The van der Waals surface area contributed by atoms with Gasteiger partial charge in [-0.15, -0.1) is 0 Å². The molecule has 1 unspecified atom stereocenters. The van der Waals surface area contributed by atoms with E-state index in [-0.39, 0.29) is 18.5 Å². The Kier molecular flexibility index (Phi) is 6.88. The van der Waals surface area contributed by atoms with Gasteiger partial charge in [0.15, 0.2) is 0 Å². The molecule has 0 saturated carbocycles. The topological polar surface area (TPSA) is 66.4 Å². The molecule has 1 aromatic carbocycles. The molecule has 0 bridgehead atoms. The molecule has 0 aliphatic carbocycles. The van der Waals surface area contributed by atoms with Gasteiger partial charge in [0.25, 0.3) is 0 Å². The molecular weight excluding hydrogens is 299 g/mol. The zero-order chi connectivity index (χ0) is 16.6. The van der Waals surface area contributed by atoms with Crippen LogP contribution >= 0.6 is 0 Å². The van der Waals surface area contributed by atoms with Gasteiger partial charge < -0.3 is 10.4 Å². The molecule has 1 atom stereocenters. The number of carboxylic acids is 1. The number of carbonyl (C=O) groups excluding carboxylic acids is 1. The molecule has 0 heterocycles. The van der Waals surface area contributed by atoms with Gasteiger partial charge >= 0.3 is 12.1 Å². The highest BCUT2D eigenvalue weighted by molar-refractivity contribution is 5.77. The average Bonchev–Trinajstić information content (AvgIpc) is 2.44. The Bertz CT molecular complexity index is 489. The van der Waals surface area contributed by atoms with Crippen LogP contribution in [0.15, 0.2) is 30.3 Å². The first-order valence-corrected chi connectivity index (χ1v) is 6.91. The summed E-state index contributed by atoms with van der Waals surface area (Å²) >= 11 is 0. The fourth-order valence-electron chi connectivity index (χ4n) is 1.99. The quantitative estimate of drug-likeness (QED) is 0.724. The van der Waals surface area contributed by atoms with Crippen molar-refractivity contribution >= 4 is 11.9 Å². The Morgan fingerprint density at radius 2 is 1.77 bits per heavy atom. The van der Waals surface area contributed by atoms with Gasteiger partial charge in [0, 0.05) is 19.4 Å². The second-order valence-electron chi connectivity index (χ2n) is 4.91. The smallest absolute Gasteiger partial charge is 0.396 e. The number of halogens is 3. The summed E-state index contributed by atoms with van der Waals surface area (Å²) in [6, 6.07) is 7.30. The van der Waals surface area contributed by atoms with Gasteiger partial charge in [-0.2, -0.15) is 13.2 Å². The molecule has 22 heavy (non-hydrogen) atoms. The van der Waals surface area contributed by atoms with Crippen LogP contribution in [0.5, 0.6) is 0 Å². The largest absolute Gasteiger partial charge is 0.481 e. The summed E-state index contributed by atoms with van der Waals surface area (Å²) in [7, 11) is 0.